The minimum atomic E-state index is -1.51. The molecule has 0 saturated heterocycles. The molecule has 0 bridgehead atoms. The molecular formula is C28H25Cl2P2Pd. The molecule has 0 atom stereocenters. The second-order valence-electron chi connectivity index (χ2n) is 7.27. The fourth-order valence-corrected chi connectivity index (χ4v) is 11.8. The first kappa shape index (κ1) is 24.8. The average Bonchev–Trinajstić information content (AvgIpc) is 2.87. The zero-order valence-electron chi connectivity index (χ0n) is 18.0. The molecule has 171 valence electrons. The molecule has 0 aliphatic carbocycles. The van der Waals surface area contributed by atoms with Crippen molar-refractivity contribution in [2.45, 2.75) is 10.3 Å². The summed E-state index contributed by atoms with van der Waals surface area (Å²) in [5.74, 6) is 0. The van der Waals surface area contributed by atoms with Crippen LogP contribution in [0.3, 0.4) is 0 Å². The van der Waals surface area contributed by atoms with Crippen LogP contribution in [0.1, 0.15) is 0 Å². The number of benzene rings is 4. The van der Waals surface area contributed by atoms with Crippen molar-refractivity contribution in [3.05, 3.63) is 133 Å². The molecule has 4 aromatic carbocycles. The van der Waals surface area contributed by atoms with Crippen molar-refractivity contribution in [2.24, 2.45) is 0 Å². The molecule has 0 aliphatic rings. The standard InChI is InChI=1S/C28H25P2.2ClH.Pd/c1-2-15-28(29(24-16-7-3-8-17-24)25-18-9-4-10-19-25)30(26-20-11-5-12-21-26)27-22-13-6-14-23-27;;;/h2-23,28H,1H2;2*1H;/q;;;+2/p-2. The number of hydrogen-bond donors (Lipinski definition) is 0. The zero-order valence-corrected chi connectivity index (χ0v) is 22.8. The summed E-state index contributed by atoms with van der Waals surface area (Å²) in [4.78, 5) is 0.755. The predicted molar refractivity (Wildman–Crippen MR) is 148 cm³/mol. The van der Waals surface area contributed by atoms with Crippen molar-refractivity contribution in [1.29, 1.82) is 0 Å². The molecular weight excluding hydrogens is 576 g/mol. The second kappa shape index (κ2) is 13.0. The first-order chi connectivity index (χ1) is 16.2. The first-order valence-corrected chi connectivity index (χ1v) is 18.5. The third-order valence-electron chi connectivity index (χ3n) is 5.15. The van der Waals surface area contributed by atoms with Crippen molar-refractivity contribution in [1.82, 2.24) is 0 Å². The van der Waals surface area contributed by atoms with Crippen LogP contribution in [0.2, 0.25) is 4.89 Å². The SMILES string of the molecule is [Cl][Pd]([Cl])[CH2]C=CC(P(c1ccccc1)c1ccccc1)P(c1ccccc1)c1ccccc1. The van der Waals surface area contributed by atoms with E-state index in [1.807, 2.05) is 0 Å². The zero-order chi connectivity index (χ0) is 22.9. The van der Waals surface area contributed by atoms with Gasteiger partial charge in [0, 0.05) is 0 Å². The van der Waals surface area contributed by atoms with E-state index in [4.69, 9.17) is 19.1 Å². The summed E-state index contributed by atoms with van der Waals surface area (Å²) in [7, 11) is 11.1. The fraction of sp³-hybridized carbons (Fsp3) is 0.0714. The van der Waals surface area contributed by atoms with Gasteiger partial charge in [-0.05, 0) is 0 Å². The maximum absolute atomic E-state index is 6.23. The van der Waals surface area contributed by atoms with Crippen LogP contribution >= 0.6 is 34.9 Å². The Labute approximate surface area is 213 Å². The van der Waals surface area contributed by atoms with E-state index in [2.05, 4.69) is 133 Å². The van der Waals surface area contributed by atoms with Crippen LogP contribution in [0.25, 0.3) is 0 Å². The Morgan fingerprint density at radius 2 is 0.848 bits per heavy atom. The first-order valence-electron chi connectivity index (χ1n) is 10.6. The third kappa shape index (κ3) is 6.87. The number of rotatable bonds is 9. The predicted octanol–water partition coefficient (Wildman–Crippen LogP) is 7.48. The molecule has 0 radical (unpaired) electrons. The quantitative estimate of drug-likeness (QED) is 0.106. The summed E-state index contributed by atoms with van der Waals surface area (Å²) in [6.07, 6.45) is 4.64. The van der Waals surface area contributed by atoms with E-state index in [0.29, 0.717) is 5.40 Å². The Hall–Kier alpha value is -1.28. The van der Waals surface area contributed by atoms with E-state index in [0.717, 1.165) is 4.89 Å². The second-order valence-corrected chi connectivity index (χ2v) is 18.2. The van der Waals surface area contributed by atoms with Gasteiger partial charge in [0.2, 0.25) is 0 Å². The van der Waals surface area contributed by atoms with E-state index in [9.17, 15) is 0 Å². The average molecular weight is 601 g/mol. The van der Waals surface area contributed by atoms with Crippen LogP contribution in [-0.2, 0) is 14.7 Å². The molecule has 0 N–H and O–H groups in total. The van der Waals surface area contributed by atoms with Gasteiger partial charge in [-0.15, -0.1) is 0 Å². The van der Waals surface area contributed by atoms with Gasteiger partial charge in [-0.1, -0.05) is 0 Å². The molecule has 4 rings (SSSR count). The molecule has 33 heavy (non-hydrogen) atoms. The molecule has 0 aliphatic heterocycles. The Morgan fingerprint density at radius 3 is 1.12 bits per heavy atom. The summed E-state index contributed by atoms with van der Waals surface area (Å²) >= 11 is -1.51. The third-order valence-corrected chi connectivity index (χ3v) is 13.4. The maximum atomic E-state index is 6.23. The van der Waals surface area contributed by atoms with Crippen molar-refractivity contribution in [2.75, 3.05) is 0 Å². The van der Waals surface area contributed by atoms with Gasteiger partial charge >= 0.3 is 215 Å². The van der Waals surface area contributed by atoms with Gasteiger partial charge in [0.1, 0.15) is 0 Å². The van der Waals surface area contributed by atoms with Crippen LogP contribution in [0.15, 0.2) is 133 Å². The molecule has 0 spiro atoms. The van der Waals surface area contributed by atoms with E-state index in [1.165, 1.54) is 21.2 Å². The van der Waals surface area contributed by atoms with Gasteiger partial charge in [0.15, 0.2) is 0 Å². The van der Waals surface area contributed by atoms with Gasteiger partial charge in [0.25, 0.3) is 0 Å². The van der Waals surface area contributed by atoms with Crippen molar-refractivity contribution in [3.8, 4) is 0 Å². The van der Waals surface area contributed by atoms with Gasteiger partial charge < -0.3 is 0 Å². The number of allylic oxidation sites excluding steroid dienone is 2. The van der Waals surface area contributed by atoms with Crippen LogP contribution in [-0.4, -0.2) is 5.40 Å². The van der Waals surface area contributed by atoms with Crippen LogP contribution < -0.4 is 21.2 Å². The number of hydrogen-bond acceptors (Lipinski definition) is 0. The van der Waals surface area contributed by atoms with Crippen molar-refractivity contribution in [3.63, 3.8) is 0 Å². The molecule has 0 amide bonds. The minimum absolute atomic E-state index is 0.307. The Kier molecular flexibility index (Phi) is 9.77. The summed E-state index contributed by atoms with van der Waals surface area (Å²) in [6.45, 7) is 0. The van der Waals surface area contributed by atoms with Gasteiger partial charge in [-0.3, -0.25) is 0 Å². The normalized spacial score (nSPS) is 12.1. The monoisotopic (exact) mass is 599 g/mol. The topological polar surface area (TPSA) is 0 Å². The summed E-state index contributed by atoms with van der Waals surface area (Å²) < 4.78 is 0. The molecule has 0 saturated carbocycles. The molecule has 0 fully saturated rings. The Bertz CT molecular complexity index is 962. The van der Waals surface area contributed by atoms with Crippen LogP contribution in [0.5, 0.6) is 0 Å². The van der Waals surface area contributed by atoms with E-state index >= 15 is 0 Å². The van der Waals surface area contributed by atoms with Gasteiger partial charge in [-0.2, -0.15) is 0 Å². The van der Waals surface area contributed by atoms with E-state index in [-0.39, 0.29) is 0 Å². The summed E-state index contributed by atoms with van der Waals surface area (Å²) in [6, 6.07) is 43.9. The molecule has 0 nitrogen and oxygen atoms in total. The molecule has 5 heteroatoms. The summed E-state index contributed by atoms with van der Waals surface area (Å²) in [5, 5.41) is 5.85. The Balaban J connectivity index is 1.92. The molecule has 0 unspecified atom stereocenters. The molecule has 4 aromatic rings. The van der Waals surface area contributed by atoms with Crippen LogP contribution in [0, 0.1) is 0 Å². The summed E-state index contributed by atoms with van der Waals surface area (Å²) in [5.41, 5.74) is 0. The van der Waals surface area contributed by atoms with Gasteiger partial charge in [-0.25, -0.2) is 0 Å². The van der Waals surface area contributed by atoms with Crippen molar-refractivity contribution < 1.29 is 14.7 Å². The van der Waals surface area contributed by atoms with E-state index < -0.39 is 30.6 Å². The molecule has 0 aromatic heterocycles. The fourth-order valence-electron chi connectivity index (χ4n) is 3.77. The Morgan fingerprint density at radius 1 is 0.545 bits per heavy atom. The number of halogens is 2. The van der Waals surface area contributed by atoms with Gasteiger partial charge in [0.05, 0.1) is 0 Å². The van der Waals surface area contributed by atoms with Crippen molar-refractivity contribution >= 4 is 56.1 Å². The van der Waals surface area contributed by atoms with E-state index in [1.54, 1.807) is 0 Å². The van der Waals surface area contributed by atoms with Crippen LogP contribution in [0.4, 0.5) is 0 Å². The molecule has 0 heterocycles.